The Morgan fingerprint density at radius 3 is 2.60 bits per heavy atom. The molecule has 0 spiro atoms. The minimum Gasteiger partial charge on any atom is -0.409 e. The lowest BCUT2D eigenvalue weighted by Crippen LogP contribution is -2.52. The average molecular weight is 213 g/mol. The molecule has 5 nitrogen and oxygen atoms in total. The third-order valence-corrected chi connectivity index (χ3v) is 3.36. The summed E-state index contributed by atoms with van der Waals surface area (Å²) in [6.45, 7) is 3.87. The van der Waals surface area contributed by atoms with Gasteiger partial charge in [0.25, 0.3) is 0 Å². The molecule has 3 atom stereocenters. The molecule has 3 N–H and O–H groups in total. The monoisotopic (exact) mass is 213 g/mol. The van der Waals surface area contributed by atoms with Crippen LogP contribution in [0.1, 0.15) is 26.2 Å². The summed E-state index contributed by atoms with van der Waals surface area (Å²) in [4.78, 5) is 2.28. The molecule has 0 aromatic heterocycles. The van der Waals surface area contributed by atoms with E-state index >= 15 is 0 Å². The van der Waals surface area contributed by atoms with Gasteiger partial charge < -0.3 is 15.7 Å². The van der Waals surface area contributed by atoms with Crippen molar-refractivity contribution in [1.29, 1.82) is 0 Å². The van der Waals surface area contributed by atoms with Crippen LogP contribution >= 0.6 is 0 Å². The highest BCUT2D eigenvalue weighted by atomic mass is 16.5. The zero-order chi connectivity index (χ0) is 10.8. The third kappa shape index (κ3) is 2.08. The lowest BCUT2D eigenvalue weighted by molar-refractivity contribution is -0.0451. The van der Waals surface area contributed by atoms with Crippen molar-refractivity contribution in [1.82, 2.24) is 4.90 Å². The second-order valence-electron chi connectivity index (χ2n) is 4.36. The standard InChI is InChI=1S/C10H19N3O2/c1-2-9(10(11)12-14)13-5-7-3-4-8(6-13)15-7/h7-9,14H,2-6H2,1H3,(H2,11,12). The zero-order valence-corrected chi connectivity index (χ0v) is 9.09. The van der Waals surface area contributed by atoms with E-state index in [1.165, 1.54) is 0 Å². The van der Waals surface area contributed by atoms with Gasteiger partial charge in [0.2, 0.25) is 0 Å². The van der Waals surface area contributed by atoms with Crippen molar-refractivity contribution in [3.8, 4) is 0 Å². The molecule has 3 unspecified atom stereocenters. The lowest BCUT2D eigenvalue weighted by Gasteiger charge is -2.36. The molecule has 0 radical (unpaired) electrons. The molecule has 0 aliphatic carbocycles. The summed E-state index contributed by atoms with van der Waals surface area (Å²) < 4.78 is 5.75. The maximum absolute atomic E-state index is 8.72. The van der Waals surface area contributed by atoms with E-state index in [0.717, 1.165) is 32.4 Å². The van der Waals surface area contributed by atoms with E-state index < -0.39 is 0 Å². The number of morpholine rings is 1. The lowest BCUT2D eigenvalue weighted by atomic mass is 10.1. The second-order valence-corrected chi connectivity index (χ2v) is 4.36. The van der Waals surface area contributed by atoms with Crippen LogP contribution in [-0.2, 0) is 4.74 Å². The van der Waals surface area contributed by atoms with Crippen molar-refractivity contribution >= 4 is 5.84 Å². The van der Waals surface area contributed by atoms with E-state index in [0.29, 0.717) is 18.0 Å². The van der Waals surface area contributed by atoms with Gasteiger partial charge in [-0.05, 0) is 19.3 Å². The number of oxime groups is 1. The van der Waals surface area contributed by atoms with Crippen LogP contribution in [0.3, 0.4) is 0 Å². The highest BCUT2D eigenvalue weighted by Gasteiger charge is 2.37. The number of amidine groups is 1. The van der Waals surface area contributed by atoms with Crippen molar-refractivity contribution in [2.24, 2.45) is 10.9 Å². The summed E-state index contributed by atoms with van der Waals surface area (Å²) in [6, 6.07) is 0.0574. The van der Waals surface area contributed by atoms with Gasteiger partial charge in [-0.15, -0.1) is 0 Å². The van der Waals surface area contributed by atoms with Crippen molar-refractivity contribution < 1.29 is 9.94 Å². The largest absolute Gasteiger partial charge is 0.409 e. The van der Waals surface area contributed by atoms with Crippen LogP contribution in [0.25, 0.3) is 0 Å². The van der Waals surface area contributed by atoms with Gasteiger partial charge in [0, 0.05) is 13.1 Å². The molecule has 2 aliphatic heterocycles. The van der Waals surface area contributed by atoms with Crippen LogP contribution in [0.2, 0.25) is 0 Å². The molecule has 2 heterocycles. The van der Waals surface area contributed by atoms with Crippen molar-refractivity contribution in [3.05, 3.63) is 0 Å². The summed E-state index contributed by atoms with van der Waals surface area (Å²) >= 11 is 0. The average Bonchev–Trinajstić information content (AvgIpc) is 2.59. The predicted molar refractivity (Wildman–Crippen MR) is 57.0 cm³/mol. The van der Waals surface area contributed by atoms with Crippen LogP contribution in [0.5, 0.6) is 0 Å². The first-order valence-corrected chi connectivity index (χ1v) is 5.61. The topological polar surface area (TPSA) is 71.1 Å². The van der Waals surface area contributed by atoms with Gasteiger partial charge >= 0.3 is 0 Å². The first-order valence-electron chi connectivity index (χ1n) is 5.61. The Morgan fingerprint density at radius 1 is 1.53 bits per heavy atom. The highest BCUT2D eigenvalue weighted by Crippen LogP contribution is 2.27. The number of hydrogen-bond donors (Lipinski definition) is 2. The van der Waals surface area contributed by atoms with E-state index in [1.54, 1.807) is 0 Å². The molecule has 2 aliphatic rings. The van der Waals surface area contributed by atoms with Gasteiger partial charge in [-0.1, -0.05) is 12.1 Å². The van der Waals surface area contributed by atoms with E-state index in [4.69, 9.17) is 15.7 Å². The quantitative estimate of drug-likeness (QED) is 0.307. The number of nitrogens with two attached hydrogens (primary N) is 1. The van der Waals surface area contributed by atoms with Crippen LogP contribution in [0.4, 0.5) is 0 Å². The molecule has 2 bridgehead atoms. The third-order valence-electron chi connectivity index (χ3n) is 3.36. The van der Waals surface area contributed by atoms with Crippen molar-refractivity contribution in [3.63, 3.8) is 0 Å². The molecule has 0 amide bonds. The number of likely N-dealkylation sites (tertiary alicyclic amines) is 1. The number of nitrogens with zero attached hydrogens (tertiary/aromatic N) is 2. The first-order chi connectivity index (χ1) is 7.24. The fourth-order valence-electron chi connectivity index (χ4n) is 2.62. The summed E-state index contributed by atoms with van der Waals surface area (Å²) in [5, 5.41) is 11.8. The molecule has 86 valence electrons. The van der Waals surface area contributed by atoms with E-state index in [2.05, 4.69) is 17.0 Å². The van der Waals surface area contributed by atoms with E-state index in [-0.39, 0.29) is 6.04 Å². The molecule has 5 heteroatoms. The second kappa shape index (κ2) is 4.37. The van der Waals surface area contributed by atoms with Crippen LogP contribution in [0.15, 0.2) is 5.16 Å². The summed E-state index contributed by atoms with van der Waals surface area (Å²) in [6.07, 6.45) is 3.87. The highest BCUT2D eigenvalue weighted by molar-refractivity contribution is 5.85. The molecule has 0 saturated carbocycles. The Labute approximate surface area is 89.9 Å². The minimum absolute atomic E-state index is 0.0574. The fraction of sp³-hybridized carbons (Fsp3) is 0.900. The number of ether oxygens (including phenoxy) is 1. The number of fused-ring (bicyclic) bond motifs is 2. The van der Waals surface area contributed by atoms with Crippen molar-refractivity contribution in [2.75, 3.05) is 13.1 Å². The van der Waals surface area contributed by atoms with Gasteiger partial charge in [-0.25, -0.2) is 0 Å². The Morgan fingerprint density at radius 2 is 2.13 bits per heavy atom. The summed E-state index contributed by atoms with van der Waals surface area (Å²) in [7, 11) is 0. The zero-order valence-electron chi connectivity index (χ0n) is 9.09. The van der Waals surface area contributed by atoms with E-state index in [1.807, 2.05) is 0 Å². The van der Waals surface area contributed by atoms with Crippen LogP contribution < -0.4 is 5.73 Å². The van der Waals surface area contributed by atoms with E-state index in [9.17, 15) is 0 Å². The molecule has 2 fully saturated rings. The van der Waals surface area contributed by atoms with Crippen LogP contribution in [0, 0.1) is 0 Å². The van der Waals surface area contributed by atoms with Gasteiger partial charge in [0.1, 0.15) is 0 Å². The number of rotatable bonds is 3. The summed E-state index contributed by atoms with van der Waals surface area (Å²) in [5.74, 6) is 0.318. The normalized spacial score (nSPS) is 34.3. The maximum Gasteiger partial charge on any atom is 0.156 e. The summed E-state index contributed by atoms with van der Waals surface area (Å²) in [5.41, 5.74) is 5.69. The minimum atomic E-state index is 0.0574. The fourth-order valence-corrected chi connectivity index (χ4v) is 2.62. The Bertz CT molecular complexity index is 245. The first kappa shape index (κ1) is 10.7. The van der Waals surface area contributed by atoms with Gasteiger partial charge in [-0.2, -0.15) is 0 Å². The smallest absolute Gasteiger partial charge is 0.156 e. The molecule has 0 aromatic carbocycles. The van der Waals surface area contributed by atoms with Gasteiger partial charge in [-0.3, -0.25) is 4.90 Å². The van der Waals surface area contributed by atoms with Crippen LogP contribution in [-0.4, -0.2) is 47.3 Å². The van der Waals surface area contributed by atoms with Gasteiger partial charge in [0.15, 0.2) is 5.84 Å². The van der Waals surface area contributed by atoms with Gasteiger partial charge in [0.05, 0.1) is 18.2 Å². The SMILES string of the molecule is CCC(C(N)=NO)N1CC2CCC(C1)O2. The Balaban J connectivity index is 2.03. The molecular formula is C10H19N3O2. The molecule has 2 saturated heterocycles. The molecule has 15 heavy (non-hydrogen) atoms. The molecule has 2 rings (SSSR count). The predicted octanol–water partition coefficient (Wildman–Crippen LogP) is 0.375. The Hall–Kier alpha value is -0.810. The Kier molecular flexibility index (Phi) is 3.11. The molecular weight excluding hydrogens is 194 g/mol. The maximum atomic E-state index is 8.72. The number of hydrogen-bond acceptors (Lipinski definition) is 4. The van der Waals surface area contributed by atoms with Crippen molar-refractivity contribution in [2.45, 2.75) is 44.4 Å². The molecule has 0 aromatic rings.